The zero-order valence-electron chi connectivity index (χ0n) is 14.3. The van der Waals surface area contributed by atoms with Crippen LogP contribution in [0.25, 0.3) is 0 Å². The Bertz CT molecular complexity index is 768. The van der Waals surface area contributed by atoms with Crippen molar-refractivity contribution < 1.29 is 9.53 Å². The van der Waals surface area contributed by atoms with Gasteiger partial charge in [0.1, 0.15) is 23.6 Å². The summed E-state index contributed by atoms with van der Waals surface area (Å²) < 4.78 is 5.11. The average molecular weight is 361 g/mol. The molecule has 2 aromatic rings. The molecule has 1 amide bonds. The van der Waals surface area contributed by atoms with E-state index in [-0.39, 0.29) is 5.91 Å². The lowest BCUT2D eigenvalue weighted by Gasteiger charge is -2.31. The van der Waals surface area contributed by atoms with Gasteiger partial charge in [0, 0.05) is 24.8 Å². The predicted octanol–water partition coefficient (Wildman–Crippen LogP) is 3.63. The number of methoxy groups -OCH3 is 1. The van der Waals surface area contributed by atoms with Gasteiger partial charge in [0.2, 0.25) is 0 Å². The van der Waals surface area contributed by atoms with E-state index in [0.29, 0.717) is 28.1 Å². The third-order valence-electron chi connectivity index (χ3n) is 4.28. The van der Waals surface area contributed by atoms with E-state index in [0.717, 1.165) is 25.3 Å². The number of rotatable bonds is 4. The Balaban J connectivity index is 1.74. The van der Waals surface area contributed by atoms with Gasteiger partial charge >= 0.3 is 0 Å². The second-order valence-electron chi connectivity index (χ2n) is 6.26. The van der Waals surface area contributed by atoms with Crippen molar-refractivity contribution in [3.8, 4) is 5.75 Å². The third-order valence-corrected chi connectivity index (χ3v) is 4.57. The van der Waals surface area contributed by atoms with Gasteiger partial charge in [-0.2, -0.15) is 0 Å². The van der Waals surface area contributed by atoms with E-state index in [1.54, 1.807) is 31.4 Å². The SMILES string of the molecule is COc1ccc(NC(=O)c2cc(N3CCCC(C)C3)ncn2)cc1Cl. The Labute approximate surface area is 152 Å². The van der Waals surface area contributed by atoms with Crippen molar-refractivity contribution in [2.45, 2.75) is 19.8 Å². The molecule has 1 atom stereocenters. The number of nitrogens with zero attached hydrogens (tertiary/aromatic N) is 3. The lowest BCUT2D eigenvalue weighted by atomic mass is 10.0. The van der Waals surface area contributed by atoms with Gasteiger partial charge in [-0.25, -0.2) is 9.97 Å². The Morgan fingerprint density at radius 3 is 2.92 bits per heavy atom. The van der Waals surface area contributed by atoms with Crippen LogP contribution in [0.1, 0.15) is 30.3 Å². The summed E-state index contributed by atoms with van der Waals surface area (Å²) in [5.74, 6) is 1.68. The first-order valence-corrected chi connectivity index (χ1v) is 8.66. The predicted molar refractivity (Wildman–Crippen MR) is 98.6 cm³/mol. The van der Waals surface area contributed by atoms with Gasteiger partial charge < -0.3 is 15.0 Å². The molecule has 0 radical (unpaired) electrons. The van der Waals surface area contributed by atoms with Crippen molar-refractivity contribution in [1.29, 1.82) is 0 Å². The molecule has 132 valence electrons. The standard InChI is InChI=1S/C18H21ClN4O2/c1-12-4-3-7-23(10-12)17-9-15(20-11-21-17)18(24)22-13-5-6-16(25-2)14(19)8-13/h5-6,8-9,11-12H,3-4,7,10H2,1-2H3,(H,22,24). The minimum absolute atomic E-state index is 0.296. The molecule has 1 N–H and O–H groups in total. The largest absolute Gasteiger partial charge is 0.495 e. The van der Waals surface area contributed by atoms with E-state index in [9.17, 15) is 4.79 Å². The summed E-state index contributed by atoms with van der Waals surface area (Å²) in [6, 6.07) is 6.82. The lowest BCUT2D eigenvalue weighted by molar-refractivity contribution is 0.102. The molecule has 0 saturated carbocycles. The van der Waals surface area contributed by atoms with Crippen molar-refractivity contribution in [3.63, 3.8) is 0 Å². The molecule has 3 rings (SSSR count). The molecule has 1 aromatic carbocycles. The summed E-state index contributed by atoms with van der Waals surface area (Å²) >= 11 is 6.09. The highest BCUT2D eigenvalue weighted by atomic mass is 35.5. The summed E-state index contributed by atoms with van der Waals surface area (Å²) in [7, 11) is 1.54. The first-order chi connectivity index (χ1) is 12.1. The number of piperidine rings is 1. The summed E-state index contributed by atoms with van der Waals surface area (Å²) in [4.78, 5) is 23.1. The molecule has 0 aliphatic carbocycles. The van der Waals surface area contributed by atoms with Crippen LogP contribution >= 0.6 is 11.6 Å². The second-order valence-corrected chi connectivity index (χ2v) is 6.67. The summed E-state index contributed by atoms with van der Waals surface area (Å²) in [6.45, 7) is 4.14. The fraction of sp³-hybridized carbons (Fsp3) is 0.389. The molecule has 0 bridgehead atoms. The number of anilines is 2. The number of carbonyl (C=O) groups excluding carboxylic acids is 1. The van der Waals surface area contributed by atoms with Crippen LogP contribution < -0.4 is 15.0 Å². The van der Waals surface area contributed by atoms with Crippen LogP contribution in [0.3, 0.4) is 0 Å². The van der Waals surface area contributed by atoms with Crippen LogP contribution in [-0.2, 0) is 0 Å². The highest BCUT2D eigenvalue weighted by Crippen LogP contribution is 2.27. The van der Waals surface area contributed by atoms with Crippen LogP contribution in [0, 0.1) is 5.92 Å². The minimum Gasteiger partial charge on any atom is -0.495 e. The Morgan fingerprint density at radius 2 is 2.20 bits per heavy atom. The van der Waals surface area contributed by atoms with Crippen molar-refractivity contribution in [2.24, 2.45) is 5.92 Å². The zero-order chi connectivity index (χ0) is 17.8. The molecule has 25 heavy (non-hydrogen) atoms. The summed E-state index contributed by atoms with van der Waals surface area (Å²) in [5.41, 5.74) is 0.915. The number of carbonyl (C=O) groups is 1. The maximum absolute atomic E-state index is 12.5. The van der Waals surface area contributed by atoms with Gasteiger partial charge in [-0.3, -0.25) is 4.79 Å². The molecule has 1 aliphatic rings. The number of benzene rings is 1. The number of hydrogen-bond donors (Lipinski definition) is 1. The van der Waals surface area contributed by atoms with Gasteiger partial charge in [-0.05, 0) is 37.0 Å². The molecule has 1 fully saturated rings. The molecule has 1 unspecified atom stereocenters. The van der Waals surface area contributed by atoms with Crippen LogP contribution in [-0.4, -0.2) is 36.1 Å². The highest BCUT2D eigenvalue weighted by Gasteiger charge is 2.19. The number of nitrogens with one attached hydrogen (secondary N) is 1. The van der Waals surface area contributed by atoms with Crippen LogP contribution in [0.4, 0.5) is 11.5 Å². The van der Waals surface area contributed by atoms with Crippen molar-refractivity contribution >= 4 is 29.0 Å². The highest BCUT2D eigenvalue weighted by molar-refractivity contribution is 6.32. The Morgan fingerprint density at radius 1 is 1.36 bits per heavy atom. The van der Waals surface area contributed by atoms with Gasteiger partial charge in [0.15, 0.2) is 0 Å². The van der Waals surface area contributed by atoms with Gasteiger partial charge in [-0.15, -0.1) is 0 Å². The number of hydrogen-bond acceptors (Lipinski definition) is 5. The number of halogens is 1. The molecule has 0 spiro atoms. The lowest BCUT2D eigenvalue weighted by Crippen LogP contribution is -2.35. The molecule has 7 heteroatoms. The van der Waals surface area contributed by atoms with Gasteiger partial charge in [0.25, 0.3) is 5.91 Å². The maximum atomic E-state index is 12.5. The average Bonchev–Trinajstić information content (AvgIpc) is 2.62. The topological polar surface area (TPSA) is 67.3 Å². The number of aromatic nitrogens is 2. The van der Waals surface area contributed by atoms with Crippen LogP contribution in [0.5, 0.6) is 5.75 Å². The first-order valence-electron chi connectivity index (χ1n) is 8.28. The molecule has 1 saturated heterocycles. The number of amides is 1. The molecule has 6 nitrogen and oxygen atoms in total. The smallest absolute Gasteiger partial charge is 0.274 e. The van der Waals surface area contributed by atoms with E-state index >= 15 is 0 Å². The molecule has 1 aromatic heterocycles. The molecule has 1 aliphatic heterocycles. The quantitative estimate of drug-likeness (QED) is 0.901. The second kappa shape index (κ2) is 7.70. The third kappa shape index (κ3) is 4.20. The Kier molecular flexibility index (Phi) is 5.38. The fourth-order valence-electron chi connectivity index (χ4n) is 2.98. The fourth-order valence-corrected chi connectivity index (χ4v) is 3.24. The monoisotopic (exact) mass is 360 g/mol. The maximum Gasteiger partial charge on any atom is 0.274 e. The molecular formula is C18H21ClN4O2. The Hall–Kier alpha value is -2.34. The summed E-state index contributed by atoms with van der Waals surface area (Å²) in [6.07, 6.45) is 3.80. The van der Waals surface area contributed by atoms with Crippen LogP contribution in [0.15, 0.2) is 30.6 Å². The van der Waals surface area contributed by atoms with Crippen molar-refractivity contribution in [3.05, 3.63) is 41.3 Å². The first kappa shape index (κ1) is 17.5. The van der Waals surface area contributed by atoms with Crippen LogP contribution in [0.2, 0.25) is 5.02 Å². The molecule has 2 heterocycles. The van der Waals surface area contributed by atoms with E-state index < -0.39 is 0 Å². The number of ether oxygens (including phenoxy) is 1. The normalized spacial score (nSPS) is 17.2. The van der Waals surface area contributed by atoms with E-state index in [1.165, 1.54) is 12.7 Å². The van der Waals surface area contributed by atoms with Gasteiger partial charge in [0.05, 0.1) is 12.1 Å². The minimum atomic E-state index is -0.296. The van der Waals surface area contributed by atoms with E-state index in [4.69, 9.17) is 16.3 Å². The van der Waals surface area contributed by atoms with E-state index in [1.807, 2.05) is 0 Å². The zero-order valence-corrected chi connectivity index (χ0v) is 15.1. The van der Waals surface area contributed by atoms with Gasteiger partial charge in [-0.1, -0.05) is 18.5 Å². The van der Waals surface area contributed by atoms with Crippen molar-refractivity contribution in [1.82, 2.24) is 9.97 Å². The molecular weight excluding hydrogens is 340 g/mol. The van der Waals surface area contributed by atoms with E-state index in [2.05, 4.69) is 27.1 Å². The van der Waals surface area contributed by atoms with Crippen molar-refractivity contribution in [2.75, 3.05) is 30.4 Å². The summed E-state index contributed by atoms with van der Waals surface area (Å²) in [5, 5.41) is 3.24.